The van der Waals surface area contributed by atoms with Gasteiger partial charge in [0.25, 0.3) is 0 Å². The van der Waals surface area contributed by atoms with Crippen LogP contribution in [0.1, 0.15) is 0 Å². The third kappa shape index (κ3) is 819. The second kappa shape index (κ2) is 29.3. The summed E-state index contributed by atoms with van der Waals surface area (Å²) in [5.74, 6) is 0. The molecule has 0 fully saturated rings. The second-order valence-electron chi connectivity index (χ2n) is 0.671. The molecule has 0 saturated carbocycles. The van der Waals surface area contributed by atoms with Crippen LogP contribution >= 0.6 is 0 Å². The van der Waals surface area contributed by atoms with Crippen molar-refractivity contribution in [1.82, 2.24) is 0 Å². The average molecular weight is 337 g/mol. The molecule has 0 unspecified atom stereocenters. The van der Waals surface area contributed by atoms with Gasteiger partial charge in [0.2, 0.25) is 0 Å². The average Bonchev–Trinajstić information content (AvgIpc) is 1.86. The van der Waals surface area contributed by atoms with Gasteiger partial charge in [-0.2, -0.15) is 0 Å². The molecule has 0 N–H and O–H groups in total. The van der Waals surface area contributed by atoms with E-state index in [2.05, 4.69) is 0 Å². The fourth-order valence-corrected chi connectivity index (χ4v) is 0. The summed E-state index contributed by atoms with van der Waals surface area (Å²) in [7, 11) is 0. The molecular weight excluding hydrogens is 337 g/mol. The van der Waals surface area contributed by atoms with Gasteiger partial charge in [-0.05, 0) is 0 Å². The van der Waals surface area contributed by atoms with E-state index in [1.165, 1.54) is 0 Å². The van der Waals surface area contributed by atoms with Crippen molar-refractivity contribution in [2.24, 2.45) is 0 Å². The Morgan fingerprint density at radius 1 is 0.600 bits per heavy atom. The summed E-state index contributed by atoms with van der Waals surface area (Å²) < 4.78 is 8.06. The van der Waals surface area contributed by atoms with Crippen LogP contribution in [0.2, 0.25) is 0 Å². The summed E-state index contributed by atoms with van der Waals surface area (Å²) in [5, 5.41) is 44.2. The quantitative estimate of drug-likeness (QED) is 0.291. The molecule has 0 aliphatic heterocycles. The zero-order chi connectivity index (χ0) is 12.7. The number of nitrogens with zero attached hydrogens (tertiary/aromatic N) is 3. The third-order valence-corrected chi connectivity index (χ3v) is 0. The van der Waals surface area contributed by atoms with Gasteiger partial charge < -0.3 is 46.0 Å². The summed E-state index contributed by atoms with van der Waals surface area (Å²) in [6, 6.07) is 0. The van der Waals surface area contributed by atoms with E-state index in [-0.39, 0.29) is 17.4 Å². The molecule has 0 atom stereocenters. The maximum absolute atomic E-state index is 8.25. The van der Waals surface area contributed by atoms with Crippen molar-refractivity contribution in [2.45, 2.75) is 0 Å². The van der Waals surface area contributed by atoms with Gasteiger partial charge in [-0.15, -0.1) is 0 Å². The molecule has 0 amide bonds. The first-order valence-electron chi connectivity index (χ1n) is 1.77. The van der Waals surface area contributed by atoms with Crippen LogP contribution in [0.4, 0.5) is 0 Å². The molecule has 13 nitrogen and oxygen atoms in total. The number of rotatable bonds is 0. The molecule has 0 spiro atoms. The molecule has 0 aromatic carbocycles. The Morgan fingerprint density at radius 2 is 0.600 bits per heavy atom. The molecule has 0 aliphatic rings. The summed E-state index contributed by atoms with van der Waals surface area (Å²) in [6.45, 7) is 0. The Kier molecular flexibility index (Phi) is 57.1. The van der Waals surface area contributed by atoms with Crippen LogP contribution in [0.25, 0.3) is 0 Å². The van der Waals surface area contributed by atoms with E-state index in [0.717, 1.165) is 0 Å². The van der Waals surface area contributed by atoms with E-state index < -0.39 is 15.3 Å². The predicted molar refractivity (Wildman–Crippen MR) is 37.5 cm³/mol. The SMILES string of the molecule is O=[N+]([O-])[O-].O=[N+]([O-])[O-].O=[N+]([O-])[O-].[Al+3].[O]=[Ag]. The first kappa shape index (κ1) is 29.2. The van der Waals surface area contributed by atoms with Crippen LogP contribution in [-0.4, -0.2) is 32.6 Å². The zero-order valence-corrected chi connectivity index (χ0v) is 8.94. The van der Waals surface area contributed by atoms with Crippen molar-refractivity contribution in [2.75, 3.05) is 0 Å². The monoisotopic (exact) mass is 336 g/mol. The molecule has 89 valence electrons. The van der Waals surface area contributed by atoms with Crippen molar-refractivity contribution >= 4 is 17.4 Å². The van der Waals surface area contributed by atoms with Gasteiger partial charge in [0, 0.05) is 0 Å². The molecule has 0 aromatic rings. The van der Waals surface area contributed by atoms with Crippen LogP contribution in [-0.2, 0) is 24.3 Å². The molecule has 15 heteroatoms. The Labute approximate surface area is 103 Å². The van der Waals surface area contributed by atoms with E-state index in [1.807, 2.05) is 0 Å². The molecule has 0 aliphatic carbocycles. The van der Waals surface area contributed by atoms with Crippen LogP contribution in [0.5, 0.6) is 0 Å². The molecule has 0 heterocycles. The van der Waals surface area contributed by atoms with E-state index in [4.69, 9.17) is 49.2 Å². The topological polar surface area (TPSA) is 216 Å². The van der Waals surface area contributed by atoms with Gasteiger partial charge in [0.05, 0.1) is 15.3 Å². The maximum atomic E-state index is 8.25. The van der Waals surface area contributed by atoms with Gasteiger partial charge in [0.15, 0.2) is 0 Å². The predicted octanol–water partition coefficient (Wildman–Crippen LogP) is -1.22. The van der Waals surface area contributed by atoms with Crippen LogP contribution in [0, 0.1) is 46.0 Å². The first-order valence-corrected chi connectivity index (χ1v) is 2.37. The molecule has 0 aromatic heterocycles. The first-order chi connectivity index (χ1) is 6.20. The molecule has 0 rings (SSSR count). The zero-order valence-electron chi connectivity index (χ0n) is 6.30. The molecule has 0 saturated heterocycles. The minimum atomic E-state index is -1.75. The normalized spacial score (nSPS) is 5.20. The van der Waals surface area contributed by atoms with E-state index in [0.29, 0.717) is 0 Å². The second-order valence-corrected chi connectivity index (χ2v) is 0.671. The van der Waals surface area contributed by atoms with E-state index in [9.17, 15) is 0 Å². The van der Waals surface area contributed by atoms with Crippen molar-refractivity contribution in [3.05, 3.63) is 46.0 Å². The van der Waals surface area contributed by atoms with Gasteiger partial charge in [-0.3, -0.25) is 0 Å². The third-order valence-electron chi connectivity index (χ3n) is 0. The van der Waals surface area contributed by atoms with Crippen molar-refractivity contribution in [3.8, 4) is 0 Å². The van der Waals surface area contributed by atoms with Crippen LogP contribution < -0.4 is 0 Å². The molecule has 0 bridgehead atoms. The summed E-state index contributed by atoms with van der Waals surface area (Å²) in [5.41, 5.74) is 0. The molecule has 0 radical (unpaired) electrons. The summed E-state index contributed by atoms with van der Waals surface area (Å²) in [4.78, 5) is 24.8. The van der Waals surface area contributed by atoms with Crippen molar-refractivity contribution < 1.29 is 39.6 Å². The summed E-state index contributed by atoms with van der Waals surface area (Å²) >= 11 is 1.70. The Bertz CT molecular complexity index is 130. The fraction of sp³-hybridized carbons (Fsp3) is 0. The number of hydrogen-bond acceptors (Lipinski definition) is 10. The van der Waals surface area contributed by atoms with E-state index >= 15 is 0 Å². The van der Waals surface area contributed by atoms with Crippen molar-refractivity contribution in [1.29, 1.82) is 0 Å². The summed E-state index contributed by atoms with van der Waals surface area (Å²) in [6.07, 6.45) is 0. The van der Waals surface area contributed by atoms with Gasteiger partial charge in [0.1, 0.15) is 0 Å². The van der Waals surface area contributed by atoms with E-state index in [1.54, 1.807) is 21.0 Å². The standard InChI is InChI=1S/Ag.Al.3NO3.O/c;;3*2-1(3)4;/q;+3;3*-1;. The Balaban J connectivity index is -0.0000000298. The number of hydrogen-bond donors (Lipinski definition) is 0. The minimum absolute atomic E-state index is 0. The van der Waals surface area contributed by atoms with Gasteiger partial charge in [-0.1, -0.05) is 0 Å². The van der Waals surface area contributed by atoms with Crippen molar-refractivity contribution in [3.63, 3.8) is 0 Å². The Hall–Kier alpha value is -1.33. The fourth-order valence-electron chi connectivity index (χ4n) is 0. The Morgan fingerprint density at radius 3 is 0.600 bits per heavy atom. The molecular formula is AgAlN3O10. The van der Waals surface area contributed by atoms with Crippen LogP contribution in [0.15, 0.2) is 0 Å². The van der Waals surface area contributed by atoms with Crippen LogP contribution in [0.3, 0.4) is 0 Å². The van der Waals surface area contributed by atoms with Gasteiger partial charge in [-0.25, -0.2) is 0 Å². The van der Waals surface area contributed by atoms with Gasteiger partial charge >= 0.3 is 41.7 Å². The molecule has 15 heavy (non-hydrogen) atoms.